The third kappa shape index (κ3) is 3.59. The van der Waals surface area contributed by atoms with Gasteiger partial charge in [0.05, 0.1) is 13.2 Å². The van der Waals surface area contributed by atoms with Crippen molar-refractivity contribution in [2.24, 2.45) is 0 Å². The smallest absolute Gasteiger partial charge is 0.213 e. The Bertz CT molecular complexity index is 1180. The Morgan fingerprint density at radius 2 is 1.83 bits per heavy atom. The number of imidazole rings is 1. The van der Waals surface area contributed by atoms with Gasteiger partial charge in [0.15, 0.2) is 0 Å². The van der Waals surface area contributed by atoms with Gasteiger partial charge in [0.2, 0.25) is 5.95 Å². The molecule has 0 aliphatic carbocycles. The van der Waals surface area contributed by atoms with Gasteiger partial charge in [0.25, 0.3) is 0 Å². The predicted octanol–water partition coefficient (Wildman–Crippen LogP) is 4.42. The maximum absolute atomic E-state index is 13.8. The first-order chi connectivity index (χ1) is 14.7. The van der Waals surface area contributed by atoms with Crippen LogP contribution in [-0.2, 0) is 4.74 Å². The van der Waals surface area contributed by atoms with E-state index in [-0.39, 0.29) is 0 Å². The van der Waals surface area contributed by atoms with Crippen LogP contribution in [0.5, 0.6) is 0 Å². The lowest BCUT2D eigenvalue weighted by atomic mass is 10.2. The van der Waals surface area contributed by atoms with Crippen molar-refractivity contribution in [3.63, 3.8) is 0 Å². The number of nitrogens with one attached hydrogen (secondary N) is 1. The molecular weight excluding hydrogens is 381 g/mol. The standard InChI is InChI=1S/C23H22FN5O/c1-16-7-9-29-21(14-16)27-22(17-6-8-25-20(24)15-17)23(29)26-18-2-4-19(5-3-18)28-10-12-30-13-11-28/h2-9,14-15,26H,10-13H2,1H3. The number of nitrogens with zero attached hydrogens (tertiary/aromatic N) is 4. The summed E-state index contributed by atoms with van der Waals surface area (Å²) in [7, 11) is 0. The summed E-state index contributed by atoms with van der Waals surface area (Å²) in [6, 6.07) is 15.5. The van der Waals surface area contributed by atoms with Gasteiger partial charge < -0.3 is 15.0 Å². The molecule has 0 spiro atoms. The Hall–Kier alpha value is -3.45. The van der Waals surface area contributed by atoms with E-state index in [2.05, 4.69) is 39.5 Å². The number of hydrogen-bond donors (Lipinski definition) is 1. The lowest BCUT2D eigenvalue weighted by Gasteiger charge is -2.28. The molecule has 1 aliphatic heterocycles. The maximum Gasteiger partial charge on any atom is 0.213 e. The zero-order valence-electron chi connectivity index (χ0n) is 16.7. The van der Waals surface area contributed by atoms with Gasteiger partial charge in [-0.1, -0.05) is 0 Å². The Labute approximate surface area is 174 Å². The van der Waals surface area contributed by atoms with E-state index in [9.17, 15) is 4.39 Å². The van der Waals surface area contributed by atoms with E-state index in [1.54, 1.807) is 6.07 Å². The molecule has 1 aromatic carbocycles. The normalized spacial score (nSPS) is 14.3. The van der Waals surface area contributed by atoms with Crippen molar-refractivity contribution in [1.82, 2.24) is 14.4 Å². The molecule has 0 bridgehead atoms. The highest BCUT2D eigenvalue weighted by Gasteiger charge is 2.16. The molecule has 4 aromatic rings. The number of pyridine rings is 2. The summed E-state index contributed by atoms with van der Waals surface area (Å²) in [5.41, 5.74) is 5.38. The molecule has 0 amide bonds. The van der Waals surface area contributed by atoms with Crippen LogP contribution in [0.25, 0.3) is 16.9 Å². The molecule has 152 valence electrons. The van der Waals surface area contributed by atoms with Gasteiger partial charge in [-0.25, -0.2) is 9.97 Å². The molecule has 0 unspecified atom stereocenters. The van der Waals surface area contributed by atoms with Crippen LogP contribution < -0.4 is 10.2 Å². The van der Waals surface area contributed by atoms with Crippen LogP contribution in [0, 0.1) is 12.9 Å². The number of aromatic nitrogens is 3. The summed E-state index contributed by atoms with van der Waals surface area (Å²) in [6.45, 7) is 5.34. The van der Waals surface area contributed by atoms with E-state index in [4.69, 9.17) is 9.72 Å². The third-order valence-electron chi connectivity index (χ3n) is 5.29. The molecule has 5 rings (SSSR count). The molecule has 30 heavy (non-hydrogen) atoms. The van der Waals surface area contributed by atoms with Crippen molar-refractivity contribution >= 4 is 22.8 Å². The average molecular weight is 403 g/mol. The molecule has 1 fully saturated rings. The quantitative estimate of drug-likeness (QED) is 0.511. The third-order valence-corrected chi connectivity index (χ3v) is 5.29. The first-order valence-corrected chi connectivity index (χ1v) is 9.98. The van der Waals surface area contributed by atoms with Crippen LogP contribution in [0.3, 0.4) is 0 Å². The van der Waals surface area contributed by atoms with E-state index >= 15 is 0 Å². The van der Waals surface area contributed by atoms with Crippen LogP contribution in [0.1, 0.15) is 5.56 Å². The van der Waals surface area contributed by atoms with Crippen molar-refractivity contribution in [3.8, 4) is 11.3 Å². The minimum absolute atomic E-state index is 0.526. The largest absolute Gasteiger partial charge is 0.378 e. The zero-order valence-corrected chi connectivity index (χ0v) is 16.7. The van der Waals surface area contributed by atoms with Crippen LogP contribution in [-0.4, -0.2) is 40.7 Å². The van der Waals surface area contributed by atoms with E-state index in [1.165, 1.54) is 18.0 Å². The monoisotopic (exact) mass is 403 g/mol. The first kappa shape index (κ1) is 18.6. The molecule has 0 radical (unpaired) electrons. The number of halogens is 1. The summed E-state index contributed by atoms with van der Waals surface area (Å²) in [6.07, 6.45) is 3.43. The fourth-order valence-corrected chi connectivity index (χ4v) is 3.73. The summed E-state index contributed by atoms with van der Waals surface area (Å²) < 4.78 is 21.2. The van der Waals surface area contributed by atoms with Gasteiger partial charge in [0.1, 0.15) is 17.2 Å². The number of rotatable bonds is 4. The van der Waals surface area contributed by atoms with Crippen molar-refractivity contribution in [1.29, 1.82) is 0 Å². The first-order valence-electron chi connectivity index (χ1n) is 9.98. The van der Waals surface area contributed by atoms with Crippen molar-refractivity contribution < 1.29 is 9.13 Å². The lowest BCUT2D eigenvalue weighted by Crippen LogP contribution is -2.36. The van der Waals surface area contributed by atoms with E-state index < -0.39 is 5.95 Å². The Morgan fingerprint density at radius 1 is 1.03 bits per heavy atom. The lowest BCUT2D eigenvalue weighted by molar-refractivity contribution is 0.122. The number of hydrogen-bond acceptors (Lipinski definition) is 5. The number of ether oxygens (including phenoxy) is 1. The molecule has 7 heteroatoms. The van der Waals surface area contributed by atoms with E-state index in [0.29, 0.717) is 11.3 Å². The van der Waals surface area contributed by atoms with Crippen LogP contribution in [0.2, 0.25) is 0 Å². The molecular formula is C23H22FN5O. The topological polar surface area (TPSA) is 54.7 Å². The van der Waals surface area contributed by atoms with Gasteiger partial charge in [0, 0.05) is 48.5 Å². The van der Waals surface area contributed by atoms with Gasteiger partial charge in [-0.05, 0) is 55.0 Å². The van der Waals surface area contributed by atoms with E-state index in [1.807, 2.05) is 29.7 Å². The second kappa shape index (κ2) is 7.76. The van der Waals surface area contributed by atoms with Crippen molar-refractivity contribution in [2.75, 3.05) is 36.5 Å². The van der Waals surface area contributed by atoms with Crippen molar-refractivity contribution in [3.05, 3.63) is 72.4 Å². The molecule has 1 saturated heterocycles. The van der Waals surface area contributed by atoms with Gasteiger partial charge >= 0.3 is 0 Å². The molecule has 0 saturated carbocycles. The fraction of sp³-hybridized carbons (Fsp3) is 0.217. The Morgan fingerprint density at radius 3 is 2.60 bits per heavy atom. The minimum atomic E-state index is -0.526. The van der Waals surface area contributed by atoms with Crippen molar-refractivity contribution in [2.45, 2.75) is 6.92 Å². The van der Waals surface area contributed by atoms with Gasteiger partial charge in [-0.15, -0.1) is 0 Å². The number of anilines is 3. The fourth-order valence-electron chi connectivity index (χ4n) is 3.73. The summed E-state index contributed by atoms with van der Waals surface area (Å²) in [5, 5.41) is 3.48. The molecule has 6 nitrogen and oxygen atoms in total. The van der Waals surface area contributed by atoms with Gasteiger partial charge in [-0.3, -0.25) is 4.40 Å². The van der Waals surface area contributed by atoms with Crippen LogP contribution >= 0.6 is 0 Å². The second-order valence-corrected chi connectivity index (χ2v) is 7.38. The molecule has 4 heterocycles. The zero-order chi connectivity index (χ0) is 20.5. The average Bonchev–Trinajstić information content (AvgIpc) is 3.12. The molecule has 1 aliphatic rings. The highest BCUT2D eigenvalue weighted by atomic mass is 19.1. The minimum Gasteiger partial charge on any atom is -0.378 e. The van der Waals surface area contributed by atoms with Gasteiger partial charge in [-0.2, -0.15) is 4.39 Å². The highest BCUT2D eigenvalue weighted by Crippen LogP contribution is 2.32. The second-order valence-electron chi connectivity index (χ2n) is 7.38. The number of aryl methyl sites for hydroxylation is 1. The van der Waals surface area contributed by atoms with E-state index in [0.717, 1.165) is 49.0 Å². The summed E-state index contributed by atoms with van der Waals surface area (Å²) in [4.78, 5) is 10.7. The Kier molecular flexibility index (Phi) is 4.80. The number of morpholine rings is 1. The van der Waals surface area contributed by atoms with Crippen LogP contribution in [0.15, 0.2) is 60.9 Å². The maximum atomic E-state index is 13.8. The highest BCUT2D eigenvalue weighted by molar-refractivity contribution is 5.80. The SMILES string of the molecule is Cc1ccn2c(Nc3ccc(N4CCOCC4)cc3)c(-c3ccnc(F)c3)nc2c1. The predicted molar refractivity (Wildman–Crippen MR) is 116 cm³/mol. The van der Waals surface area contributed by atoms with Crippen LogP contribution in [0.4, 0.5) is 21.6 Å². The number of benzene rings is 1. The summed E-state index contributed by atoms with van der Waals surface area (Å²) in [5.74, 6) is 0.260. The molecule has 1 N–H and O–H groups in total. The molecule has 3 aromatic heterocycles. The Balaban J connectivity index is 1.52. The number of fused-ring (bicyclic) bond motifs is 1. The summed E-state index contributed by atoms with van der Waals surface area (Å²) >= 11 is 0. The molecule has 0 atom stereocenters.